The van der Waals surface area contributed by atoms with E-state index in [-0.39, 0.29) is 0 Å². The maximum absolute atomic E-state index is 4.86. The first-order valence-electron chi connectivity index (χ1n) is 6.96. The number of aromatic nitrogens is 2. The van der Waals surface area contributed by atoms with Crippen molar-refractivity contribution in [2.75, 3.05) is 6.54 Å². The molecule has 1 saturated heterocycles. The first kappa shape index (κ1) is 12.0. The number of fused-ring (bicyclic) bond motifs is 1. The summed E-state index contributed by atoms with van der Waals surface area (Å²) in [6, 6.07) is 12.9. The van der Waals surface area contributed by atoms with E-state index in [1.807, 2.05) is 12.3 Å². The third-order valence-electron chi connectivity index (χ3n) is 3.76. The van der Waals surface area contributed by atoms with Crippen LogP contribution in [0.25, 0.3) is 21.5 Å². The predicted octanol–water partition coefficient (Wildman–Crippen LogP) is 3.78. The summed E-state index contributed by atoms with van der Waals surface area (Å²) in [6.45, 7) is 1.10. The number of nitrogens with one attached hydrogen (secondary N) is 1. The topological polar surface area (TPSA) is 37.8 Å². The van der Waals surface area contributed by atoms with Gasteiger partial charge in [-0.2, -0.15) is 0 Å². The van der Waals surface area contributed by atoms with Crippen LogP contribution < -0.4 is 5.32 Å². The molecule has 0 radical (unpaired) electrons. The molecule has 0 aliphatic carbocycles. The van der Waals surface area contributed by atoms with Crippen molar-refractivity contribution < 1.29 is 0 Å². The molecule has 0 saturated carbocycles. The van der Waals surface area contributed by atoms with Crippen LogP contribution in [0.15, 0.2) is 42.6 Å². The van der Waals surface area contributed by atoms with Gasteiger partial charge < -0.3 is 5.32 Å². The summed E-state index contributed by atoms with van der Waals surface area (Å²) in [5.41, 5.74) is 3.42. The molecule has 2 aromatic heterocycles. The third-order valence-corrected chi connectivity index (χ3v) is 4.83. The zero-order valence-electron chi connectivity index (χ0n) is 11.0. The van der Waals surface area contributed by atoms with E-state index in [0.29, 0.717) is 6.04 Å². The fourth-order valence-electron chi connectivity index (χ4n) is 2.74. The summed E-state index contributed by atoms with van der Waals surface area (Å²) in [5.74, 6) is 0. The second-order valence-electron chi connectivity index (χ2n) is 5.08. The lowest BCUT2D eigenvalue weighted by molar-refractivity contribution is 0.644. The Morgan fingerprint density at radius 3 is 2.85 bits per heavy atom. The van der Waals surface area contributed by atoms with Crippen LogP contribution >= 0.6 is 11.3 Å². The monoisotopic (exact) mass is 281 g/mol. The molecule has 4 heteroatoms. The van der Waals surface area contributed by atoms with Gasteiger partial charge in [0.25, 0.3) is 0 Å². The summed E-state index contributed by atoms with van der Waals surface area (Å²) in [5, 5.41) is 4.69. The van der Waals surface area contributed by atoms with Crippen molar-refractivity contribution in [1.29, 1.82) is 0 Å². The predicted molar refractivity (Wildman–Crippen MR) is 82.8 cm³/mol. The van der Waals surface area contributed by atoms with E-state index in [9.17, 15) is 0 Å². The van der Waals surface area contributed by atoms with Crippen molar-refractivity contribution in [2.24, 2.45) is 0 Å². The molecule has 3 nitrogen and oxygen atoms in total. The van der Waals surface area contributed by atoms with E-state index in [4.69, 9.17) is 4.98 Å². The van der Waals surface area contributed by atoms with Crippen molar-refractivity contribution in [2.45, 2.75) is 18.9 Å². The molecule has 3 aromatic rings. The normalized spacial score (nSPS) is 18.7. The number of rotatable bonds is 2. The van der Waals surface area contributed by atoms with E-state index < -0.39 is 0 Å². The lowest BCUT2D eigenvalue weighted by Crippen LogP contribution is -2.12. The van der Waals surface area contributed by atoms with Gasteiger partial charge in [-0.1, -0.05) is 41.7 Å². The molecule has 100 valence electrons. The minimum atomic E-state index is 0.415. The van der Waals surface area contributed by atoms with Gasteiger partial charge in [-0.25, -0.2) is 9.97 Å². The number of thiazole rings is 1. The number of pyridine rings is 1. The van der Waals surface area contributed by atoms with Crippen molar-refractivity contribution in [3.63, 3.8) is 0 Å². The molecule has 1 aliphatic rings. The van der Waals surface area contributed by atoms with Crippen LogP contribution in [0.3, 0.4) is 0 Å². The molecule has 4 rings (SSSR count). The fourth-order valence-corrected chi connectivity index (χ4v) is 3.79. The van der Waals surface area contributed by atoms with Gasteiger partial charge in [-0.15, -0.1) is 0 Å². The van der Waals surface area contributed by atoms with E-state index in [1.165, 1.54) is 29.0 Å². The minimum absolute atomic E-state index is 0.415. The summed E-state index contributed by atoms with van der Waals surface area (Å²) < 4.78 is 0. The summed E-state index contributed by atoms with van der Waals surface area (Å²) in [6.07, 6.45) is 4.30. The van der Waals surface area contributed by atoms with Gasteiger partial charge in [0, 0.05) is 11.8 Å². The van der Waals surface area contributed by atoms with E-state index >= 15 is 0 Å². The molecule has 1 unspecified atom stereocenters. The van der Waals surface area contributed by atoms with Gasteiger partial charge in [0.1, 0.15) is 15.4 Å². The molecule has 0 bridgehead atoms. The molecule has 1 aliphatic heterocycles. The molecule has 0 amide bonds. The standard InChI is InChI=1S/C16H15N3S/c1-2-5-11(6-3-1)12-8-10-18-16-14(12)19-15(20-16)13-7-4-9-17-13/h1-3,5-6,8,10,13,17H,4,7,9H2. The average molecular weight is 281 g/mol. The Morgan fingerprint density at radius 2 is 2.05 bits per heavy atom. The van der Waals surface area contributed by atoms with Crippen LogP contribution in [0.5, 0.6) is 0 Å². The van der Waals surface area contributed by atoms with E-state index in [0.717, 1.165) is 16.9 Å². The lowest BCUT2D eigenvalue weighted by Gasteiger charge is -2.04. The Bertz CT molecular complexity index is 730. The highest BCUT2D eigenvalue weighted by molar-refractivity contribution is 7.18. The molecule has 20 heavy (non-hydrogen) atoms. The fraction of sp³-hybridized carbons (Fsp3) is 0.250. The number of hydrogen-bond donors (Lipinski definition) is 1. The maximum Gasteiger partial charge on any atom is 0.144 e. The van der Waals surface area contributed by atoms with Crippen molar-refractivity contribution in [3.05, 3.63) is 47.6 Å². The van der Waals surface area contributed by atoms with Crippen LogP contribution in [0.2, 0.25) is 0 Å². The highest BCUT2D eigenvalue weighted by Crippen LogP contribution is 2.34. The second-order valence-corrected chi connectivity index (χ2v) is 6.09. The average Bonchev–Trinajstić information content (AvgIpc) is 3.16. The molecule has 1 atom stereocenters. The molecule has 1 aromatic carbocycles. The quantitative estimate of drug-likeness (QED) is 0.776. The second kappa shape index (κ2) is 4.96. The van der Waals surface area contributed by atoms with Gasteiger partial charge in [0.15, 0.2) is 0 Å². The van der Waals surface area contributed by atoms with Crippen LogP contribution in [-0.4, -0.2) is 16.5 Å². The Labute approximate surface area is 121 Å². The van der Waals surface area contributed by atoms with Gasteiger partial charge in [-0.05, 0) is 31.0 Å². The van der Waals surface area contributed by atoms with Crippen molar-refractivity contribution in [1.82, 2.24) is 15.3 Å². The Kier molecular flexibility index (Phi) is 2.98. The first-order valence-corrected chi connectivity index (χ1v) is 7.78. The Hall–Kier alpha value is -1.78. The van der Waals surface area contributed by atoms with Gasteiger partial charge in [0.05, 0.1) is 6.04 Å². The van der Waals surface area contributed by atoms with Crippen LogP contribution in [0, 0.1) is 0 Å². The Balaban J connectivity index is 1.85. The highest BCUT2D eigenvalue weighted by atomic mass is 32.1. The molecular weight excluding hydrogens is 266 g/mol. The lowest BCUT2D eigenvalue weighted by atomic mass is 10.1. The van der Waals surface area contributed by atoms with Gasteiger partial charge in [-0.3, -0.25) is 0 Å². The van der Waals surface area contributed by atoms with E-state index in [2.05, 4.69) is 40.6 Å². The molecule has 1 N–H and O–H groups in total. The minimum Gasteiger partial charge on any atom is -0.308 e. The van der Waals surface area contributed by atoms with Crippen LogP contribution in [0.4, 0.5) is 0 Å². The highest BCUT2D eigenvalue weighted by Gasteiger charge is 2.21. The number of hydrogen-bond acceptors (Lipinski definition) is 4. The van der Waals surface area contributed by atoms with Crippen LogP contribution in [-0.2, 0) is 0 Å². The largest absolute Gasteiger partial charge is 0.308 e. The van der Waals surface area contributed by atoms with Gasteiger partial charge in [0.2, 0.25) is 0 Å². The smallest absolute Gasteiger partial charge is 0.144 e. The number of nitrogens with zero attached hydrogens (tertiary/aromatic N) is 2. The van der Waals surface area contributed by atoms with Gasteiger partial charge >= 0.3 is 0 Å². The summed E-state index contributed by atoms with van der Waals surface area (Å²) in [7, 11) is 0. The molecular formula is C16H15N3S. The van der Waals surface area contributed by atoms with Crippen LogP contribution in [0.1, 0.15) is 23.9 Å². The zero-order chi connectivity index (χ0) is 13.4. The first-order chi connectivity index (χ1) is 9.92. The molecule has 1 fully saturated rings. The zero-order valence-corrected chi connectivity index (χ0v) is 11.9. The Morgan fingerprint density at radius 1 is 1.15 bits per heavy atom. The SMILES string of the molecule is c1ccc(-c2ccnc3sc(C4CCCN4)nc23)cc1. The number of benzene rings is 1. The summed E-state index contributed by atoms with van der Waals surface area (Å²) in [4.78, 5) is 10.4. The van der Waals surface area contributed by atoms with E-state index in [1.54, 1.807) is 11.3 Å². The van der Waals surface area contributed by atoms with Crippen molar-refractivity contribution in [3.8, 4) is 11.1 Å². The molecule has 0 spiro atoms. The van der Waals surface area contributed by atoms with Crippen molar-refractivity contribution >= 4 is 21.7 Å². The maximum atomic E-state index is 4.86. The molecule has 3 heterocycles. The third kappa shape index (κ3) is 2.01. The summed E-state index contributed by atoms with van der Waals surface area (Å²) >= 11 is 1.72.